The Balaban J connectivity index is 2.23. The molecule has 1 atom stereocenters. The second kappa shape index (κ2) is 4.67. The molecule has 0 amide bonds. The van der Waals surface area contributed by atoms with Gasteiger partial charge in [0.15, 0.2) is 0 Å². The van der Waals surface area contributed by atoms with Gasteiger partial charge in [-0.2, -0.15) is 0 Å². The minimum atomic E-state index is -0.273. The van der Waals surface area contributed by atoms with E-state index in [-0.39, 0.29) is 6.10 Å². The van der Waals surface area contributed by atoms with Gasteiger partial charge in [0.05, 0.1) is 6.10 Å². The molecule has 0 aromatic heterocycles. The van der Waals surface area contributed by atoms with Crippen LogP contribution in [0.2, 0.25) is 0 Å². The first-order valence-corrected chi connectivity index (χ1v) is 6.42. The number of hydrogen-bond donors (Lipinski definition) is 1. The molecular weight excluding hydrogens is 252 g/mol. The molecule has 0 saturated heterocycles. The summed E-state index contributed by atoms with van der Waals surface area (Å²) in [7, 11) is 0. The van der Waals surface area contributed by atoms with Crippen LogP contribution in [-0.4, -0.2) is 5.11 Å². The van der Waals surface area contributed by atoms with E-state index < -0.39 is 0 Å². The van der Waals surface area contributed by atoms with Crippen molar-refractivity contribution in [2.45, 2.75) is 38.7 Å². The number of rotatable bonds is 2. The van der Waals surface area contributed by atoms with E-state index in [9.17, 15) is 5.11 Å². The summed E-state index contributed by atoms with van der Waals surface area (Å²) in [5, 5.41) is 10.3. The zero-order valence-electron chi connectivity index (χ0n) is 9.04. The van der Waals surface area contributed by atoms with Gasteiger partial charge in [0.2, 0.25) is 0 Å². The maximum absolute atomic E-state index is 10.3. The highest BCUT2D eigenvalue weighted by Crippen LogP contribution is 2.37. The topological polar surface area (TPSA) is 20.2 Å². The summed E-state index contributed by atoms with van der Waals surface area (Å²) < 4.78 is 1.06. The lowest BCUT2D eigenvalue weighted by molar-refractivity contribution is 0.111. The van der Waals surface area contributed by atoms with E-state index in [1.54, 1.807) is 0 Å². The zero-order chi connectivity index (χ0) is 10.8. The minimum Gasteiger partial charge on any atom is -0.388 e. The lowest BCUT2D eigenvalue weighted by Crippen LogP contribution is -2.10. The van der Waals surface area contributed by atoms with Gasteiger partial charge in [-0.15, -0.1) is 0 Å². The molecule has 0 radical (unpaired) electrons. The molecule has 1 aromatic carbocycles. The van der Waals surface area contributed by atoms with Gasteiger partial charge in [-0.25, -0.2) is 0 Å². The molecule has 2 heteroatoms. The third-order valence-electron chi connectivity index (χ3n) is 3.41. The van der Waals surface area contributed by atoms with Crippen LogP contribution in [0, 0.1) is 12.8 Å². The molecule has 0 heterocycles. The standard InChI is InChI=1S/C13H17BrO/c1-9-6-7-11(14)8-12(9)13(15)10-4-2-3-5-10/h6-8,10,13,15H,2-5H2,1H3. The van der Waals surface area contributed by atoms with Crippen LogP contribution in [0.1, 0.15) is 42.9 Å². The summed E-state index contributed by atoms with van der Waals surface area (Å²) in [5.74, 6) is 0.470. The molecule has 1 N–H and O–H groups in total. The molecule has 1 saturated carbocycles. The number of aryl methyl sites for hydroxylation is 1. The van der Waals surface area contributed by atoms with E-state index in [4.69, 9.17) is 0 Å². The number of aliphatic hydroxyl groups is 1. The molecule has 1 aromatic rings. The van der Waals surface area contributed by atoms with Crippen molar-refractivity contribution in [2.24, 2.45) is 5.92 Å². The summed E-state index contributed by atoms with van der Waals surface area (Å²) in [5.41, 5.74) is 2.29. The Morgan fingerprint density at radius 3 is 2.67 bits per heavy atom. The summed E-state index contributed by atoms with van der Waals surface area (Å²) in [6.45, 7) is 2.07. The number of aliphatic hydroxyl groups excluding tert-OH is 1. The van der Waals surface area contributed by atoms with Crippen LogP contribution in [0.4, 0.5) is 0 Å². The van der Waals surface area contributed by atoms with E-state index in [1.165, 1.54) is 31.2 Å². The van der Waals surface area contributed by atoms with E-state index in [0.29, 0.717) is 5.92 Å². The lowest BCUT2D eigenvalue weighted by atomic mass is 9.92. The molecule has 15 heavy (non-hydrogen) atoms. The summed E-state index contributed by atoms with van der Waals surface area (Å²) in [4.78, 5) is 0. The average molecular weight is 269 g/mol. The fourth-order valence-corrected chi connectivity index (χ4v) is 2.84. The fraction of sp³-hybridized carbons (Fsp3) is 0.538. The Morgan fingerprint density at radius 1 is 1.33 bits per heavy atom. The van der Waals surface area contributed by atoms with Crippen molar-refractivity contribution in [1.29, 1.82) is 0 Å². The van der Waals surface area contributed by atoms with Crippen molar-refractivity contribution in [1.82, 2.24) is 0 Å². The average Bonchev–Trinajstić information content (AvgIpc) is 2.74. The molecule has 1 aliphatic rings. The van der Waals surface area contributed by atoms with Gasteiger partial charge >= 0.3 is 0 Å². The number of benzene rings is 1. The van der Waals surface area contributed by atoms with Gasteiger partial charge in [0.1, 0.15) is 0 Å². The molecule has 1 unspecified atom stereocenters. The monoisotopic (exact) mass is 268 g/mol. The summed E-state index contributed by atoms with van der Waals surface area (Å²) in [6, 6.07) is 6.15. The third kappa shape index (κ3) is 2.43. The smallest absolute Gasteiger partial charge is 0.0821 e. The summed E-state index contributed by atoms with van der Waals surface area (Å²) >= 11 is 3.46. The quantitative estimate of drug-likeness (QED) is 0.861. The van der Waals surface area contributed by atoms with Crippen LogP contribution >= 0.6 is 15.9 Å². The number of halogens is 1. The van der Waals surface area contributed by atoms with Gasteiger partial charge in [0.25, 0.3) is 0 Å². The molecule has 2 rings (SSSR count). The van der Waals surface area contributed by atoms with Gasteiger partial charge in [-0.05, 0) is 48.9 Å². The van der Waals surface area contributed by atoms with Crippen molar-refractivity contribution in [3.63, 3.8) is 0 Å². The first kappa shape index (κ1) is 11.2. The van der Waals surface area contributed by atoms with E-state index in [1.807, 2.05) is 6.07 Å². The molecule has 82 valence electrons. The van der Waals surface area contributed by atoms with Crippen molar-refractivity contribution < 1.29 is 5.11 Å². The fourth-order valence-electron chi connectivity index (χ4n) is 2.46. The predicted octanol–water partition coefficient (Wildman–Crippen LogP) is 3.98. The Morgan fingerprint density at radius 2 is 2.00 bits per heavy atom. The Bertz CT molecular complexity index is 342. The molecule has 0 spiro atoms. The maximum Gasteiger partial charge on any atom is 0.0821 e. The zero-order valence-corrected chi connectivity index (χ0v) is 10.6. The number of hydrogen-bond acceptors (Lipinski definition) is 1. The normalized spacial score (nSPS) is 19.4. The highest BCUT2D eigenvalue weighted by molar-refractivity contribution is 9.10. The third-order valence-corrected chi connectivity index (χ3v) is 3.90. The van der Waals surface area contributed by atoms with Gasteiger partial charge in [-0.1, -0.05) is 34.8 Å². The van der Waals surface area contributed by atoms with Crippen molar-refractivity contribution in [3.05, 3.63) is 33.8 Å². The summed E-state index contributed by atoms with van der Waals surface area (Å²) in [6.07, 6.45) is 4.62. The Labute approximate surface area is 99.6 Å². The largest absolute Gasteiger partial charge is 0.388 e. The van der Waals surface area contributed by atoms with E-state index in [2.05, 4.69) is 35.0 Å². The molecule has 1 nitrogen and oxygen atoms in total. The van der Waals surface area contributed by atoms with E-state index in [0.717, 1.165) is 10.0 Å². The highest BCUT2D eigenvalue weighted by atomic mass is 79.9. The van der Waals surface area contributed by atoms with Gasteiger partial charge < -0.3 is 5.11 Å². The van der Waals surface area contributed by atoms with Gasteiger partial charge in [-0.3, -0.25) is 0 Å². The van der Waals surface area contributed by atoms with Crippen LogP contribution in [0.25, 0.3) is 0 Å². The Hall–Kier alpha value is -0.340. The molecular formula is C13H17BrO. The van der Waals surface area contributed by atoms with Crippen molar-refractivity contribution in [3.8, 4) is 0 Å². The lowest BCUT2D eigenvalue weighted by Gasteiger charge is -2.20. The van der Waals surface area contributed by atoms with Crippen LogP contribution in [-0.2, 0) is 0 Å². The second-order valence-corrected chi connectivity index (χ2v) is 5.41. The van der Waals surface area contributed by atoms with Gasteiger partial charge in [0, 0.05) is 4.47 Å². The van der Waals surface area contributed by atoms with Crippen LogP contribution < -0.4 is 0 Å². The molecule has 0 bridgehead atoms. The first-order chi connectivity index (χ1) is 7.18. The van der Waals surface area contributed by atoms with Crippen LogP contribution in [0.5, 0.6) is 0 Å². The van der Waals surface area contributed by atoms with E-state index >= 15 is 0 Å². The first-order valence-electron chi connectivity index (χ1n) is 5.62. The van der Waals surface area contributed by atoms with Crippen LogP contribution in [0.3, 0.4) is 0 Å². The molecule has 1 fully saturated rings. The van der Waals surface area contributed by atoms with Crippen LogP contribution in [0.15, 0.2) is 22.7 Å². The minimum absolute atomic E-state index is 0.273. The van der Waals surface area contributed by atoms with Crippen molar-refractivity contribution >= 4 is 15.9 Å². The van der Waals surface area contributed by atoms with Crippen molar-refractivity contribution in [2.75, 3.05) is 0 Å². The predicted molar refractivity (Wildman–Crippen MR) is 65.8 cm³/mol. The molecule has 1 aliphatic carbocycles. The SMILES string of the molecule is Cc1ccc(Br)cc1C(O)C1CCCC1. The molecule has 0 aliphatic heterocycles. The maximum atomic E-state index is 10.3. The second-order valence-electron chi connectivity index (χ2n) is 4.49. The Kier molecular flexibility index (Phi) is 3.47. The highest BCUT2D eigenvalue weighted by Gasteiger charge is 2.25.